The van der Waals surface area contributed by atoms with Gasteiger partial charge in [0, 0.05) is 27.5 Å². The Morgan fingerprint density at radius 1 is 0.306 bits per heavy atom. The molecule has 0 bridgehead atoms. The first-order valence-corrected chi connectivity index (χ1v) is 21.1. The first-order valence-electron chi connectivity index (χ1n) is 21.1. The summed E-state index contributed by atoms with van der Waals surface area (Å²) in [7, 11) is 0. The van der Waals surface area contributed by atoms with Crippen LogP contribution in [0.5, 0.6) is 0 Å². The van der Waals surface area contributed by atoms with E-state index in [4.69, 9.17) is 14.4 Å². The maximum Gasteiger partial charge on any atom is 0.160 e. The Labute approximate surface area is 360 Å². The highest BCUT2D eigenvalue weighted by Crippen LogP contribution is 2.56. The summed E-state index contributed by atoms with van der Waals surface area (Å²) >= 11 is 0. The fraction of sp³-hybridized carbons (Fsp3) is 0.0169. The molecule has 0 spiro atoms. The van der Waals surface area contributed by atoms with Gasteiger partial charge in [-0.1, -0.05) is 182 Å². The van der Waals surface area contributed by atoms with Crippen LogP contribution in [0.2, 0.25) is 0 Å². The Hall–Kier alpha value is -8.14. The highest BCUT2D eigenvalue weighted by atomic mass is 16.3. The molecule has 11 aromatic rings. The van der Waals surface area contributed by atoms with Gasteiger partial charge in [0.15, 0.2) is 5.82 Å². The minimum absolute atomic E-state index is 0.525. The maximum atomic E-state index is 6.38. The Bertz CT molecular complexity index is 3410. The first-order chi connectivity index (χ1) is 30.7. The van der Waals surface area contributed by atoms with E-state index in [0.29, 0.717) is 5.82 Å². The second-order valence-corrected chi connectivity index (χ2v) is 16.1. The molecule has 0 aliphatic heterocycles. The molecule has 2 aromatic heterocycles. The number of furan rings is 1. The Morgan fingerprint density at radius 2 is 0.839 bits per heavy atom. The average molecular weight is 791 g/mol. The van der Waals surface area contributed by atoms with Crippen LogP contribution in [0.4, 0.5) is 0 Å². The summed E-state index contributed by atoms with van der Waals surface area (Å²) in [6, 6.07) is 82.3. The molecule has 0 saturated heterocycles. The number of rotatable bonds is 7. The lowest BCUT2D eigenvalue weighted by Gasteiger charge is -2.34. The zero-order valence-electron chi connectivity index (χ0n) is 33.7. The lowest BCUT2D eigenvalue weighted by atomic mass is 9.67. The normalized spacial score (nSPS) is 12.6. The number of nitrogens with zero attached hydrogens (tertiary/aromatic N) is 2. The topological polar surface area (TPSA) is 38.9 Å². The van der Waals surface area contributed by atoms with Gasteiger partial charge in [0.1, 0.15) is 11.2 Å². The second kappa shape index (κ2) is 14.5. The van der Waals surface area contributed by atoms with Crippen molar-refractivity contribution in [2.45, 2.75) is 5.41 Å². The molecule has 0 amide bonds. The number of benzene rings is 9. The van der Waals surface area contributed by atoms with Crippen molar-refractivity contribution in [2.24, 2.45) is 0 Å². The first kappa shape index (κ1) is 35.8. The third-order valence-electron chi connectivity index (χ3n) is 12.6. The predicted octanol–water partition coefficient (Wildman–Crippen LogP) is 15.1. The molecule has 0 fully saturated rings. The highest BCUT2D eigenvalue weighted by molar-refractivity contribution is 6.06. The Balaban J connectivity index is 1.08. The summed E-state index contributed by atoms with van der Waals surface area (Å²) in [4.78, 5) is 10.7. The van der Waals surface area contributed by atoms with Crippen LogP contribution in [-0.2, 0) is 5.41 Å². The summed E-state index contributed by atoms with van der Waals surface area (Å²) in [5.41, 5.74) is 17.8. The minimum atomic E-state index is -0.525. The number of fused-ring (bicyclic) bond motifs is 6. The van der Waals surface area contributed by atoms with Crippen molar-refractivity contribution in [3.63, 3.8) is 0 Å². The van der Waals surface area contributed by atoms with Crippen molar-refractivity contribution < 1.29 is 4.42 Å². The summed E-state index contributed by atoms with van der Waals surface area (Å²) in [5, 5.41) is 2.23. The predicted molar refractivity (Wildman–Crippen MR) is 254 cm³/mol. The van der Waals surface area contributed by atoms with Gasteiger partial charge in [-0.2, -0.15) is 0 Å². The molecule has 0 atom stereocenters. The molecule has 3 heteroatoms. The SMILES string of the molecule is c1ccc(-c2cc(-c3ccc4c(c3)oc3ccccc34)cc(-c3cc(-c4ccc5c(c4)C(c4ccccc4)(c4ccccc4)c4ccccc4-5)nc(-c4ccccc4)n3)c2)cc1. The molecule has 290 valence electrons. The van der Waals surface area contributed by atoms with E-state index in [1.165, 1.54) is 33.4 Å². The monoisotopic (exact) mass is 790 g/mol. The van der Waals surface area contributed by atoms with Crippen LogP contribution in [0.1, 0.15) is 22.3 Å². The van der Waals surface area contributed by atoms with E-state index in [9.17, 15) is 0 Å². The molecule has 1 aliphatic rings. The third-order valence-corrected chi connectivity index (χ3v) is 12.6. The van der Waals surface area contributed by atoms with Gasteiger partial charge in [-0.3, -0.25) is 0 Å². The smallest absolute Gasteiger partial charge is 0.160 e. The van der Waals surface area contributed by atoms with Gasteiger partial charge in [0.05, 0.1) is 16.8 Å². The van der Waals surface area contributed by atoms with E-state index in [0.717, 1.165) is 72.3 Å². The van der Waals surface area contributed by atoms with Gasteiger partial charge >= 0.3 is 0 Å². The molecule has 9 aromatic carbocycles. The van der Waals surface area contributed by atoms with E-state index in [2.05, 4.69) is 200 Å². The molecule has 12 rings (SSSR count). The zero-order chi connectivity index (χ0) is 41.0. The number of para-hydroxylation sites is 1. The van der Waals surface area contributed by atoms with Gasteiger partial charge in [-0.05, 0) is 104 Å². The third kappa shape index (κ3) is 5.82. The quantitative estimate of drug-likeness (QED) is 0.161. The summed E-state index contributed by atoms with van der Waals surface area (Å²) in [6.07, 6.45) is 0. The van der Waals surface area contributed by atoms with Crippen LogP contribution in [-0.4, -0.2) is 9.97 Å². The van der Waals surface area contributed by atoms with Crippen LogP contribution in [0.3, 0.4) is 0 Å². The molecule has 0 unspecified atom stereocenters. The van der Waals surface area contributed by atoms with Crippen molar-refractivity contribution in [2.75, 3.05) is 0 Å². The van der Waals surface area contributed by atoms with Gasteiger partial charge < -0.3 is 4.42 Å². The van der Waals surface area contributed by atoms with Gasteiger partial charge in [0.25, 0.3) is 0 Å². The average Bonchev–Trinajstić information content (AvgIpc) is 3.88. The fourth-order valence-corrected chi connectivity index (χ4v) is 9.71. The molecule has 0 N–H and O–H groups in total. The van der Waals surface area contributed by atoms with Crippen LogP contribution < -0.4 is 0 Å². The van der Waals surface area contributed by atoms with Crippen molar-refractivity contribution in [3.8, 4) is 67.3 Å². The maximum absolute atomic E-state index is 6.38. The summed E-state index contributed by atoms with van der Waals surface area (Å²) in [6.45, 7) is 0. The zero-order valence-corrected chi connectivity index (χ0v) is 33.7. The van der Waals surface area contributed by atoms with Crippen molar-refractivity contribution >= 4 is 21.9 Å². The Morgan fingerprint density at radius 3 is 1.56 bits per heavy atom. The number of hydrogen-bond donors (Lipinski definition) is 0. The summed E-state index contributed by atoms with van der Waals surface area (Å²) < 4.78 is 6.38. The van der Waals surface area contributed by atoms with Gasteiger partial charge in [-0.25, -0.2) is 9.97 Å². The number of hydrogen-bond acceptors (Lipinski definition) is 3. The molecular formula is C59H38N2O. The van der Waals surface area contributed by atoms with Crippen molar-refractivity contribution in [3.05, 3.63) is 253 Å². The molecule has 62 heavy (non-hydrogen) atoms. The van der Waals surface area contributed by atoms with Gasteiger partial charge in [-0.15, -0.1) is 0 Å². The van der Waals surface area contributed by atoms with Crippen molar-refractivity contribution in [1.29, 1.82) is 0 Å². The molecule has 2 heterocycles. The van der Waals surface area contributed by atoms with E-state index in [-0.39, 0.29) is 0 Å². The van der Waals surface area contributed by atoms with E-state index in [1.807, 2.05) is 30.3 Å². The van der Waals surface area contributed by atoms with Crippen LogP contribution in [0.25, 0.3) is 89.2 Å². The van der Waals surface area contributed by atoms with Crippen LogP contribution in [0.15, 0.2) is 235 Å². The minimum Gasteiger partial charge on any atom is -0.456 e. The van der Waals surface area contributed by atoms with E-state index >= 15 is 0 Å². The van der Waals surface area contributed by atoms with E-state index in [1.54, 1.807) is 0 Å². The van der Waals surface area contributed by atoms with Crippen LogP contribution >= 0.6 is 0 Å². The lowest BCUT2D eigenvalue weighted by Crippen LogP contribution is -2.28. The lowest BCUT2D eigenvalue weighted by molar-refractivity contribution is 0.669. The molecule has 0 saturated carbocycles. The second-order valence-electron chi connectivity index (χ2n) is 16.1. The highest BCUT2D eigenvalue weighted by Gasteiger charge is 2.46. The number of aromatic nitrogens is 2. The molecule has 1 aliphatic carbocycles. The van der Waals surface area contributed by atoms with E-state index < -0.39 is 5.41 Å². The molecule has 0 radical (unpaired) electrons. The fourth-order valence-electron chi connectivity index (χ4n) is 9.71. The van der Waals surface area contributed by atoms with Crippen molar-refractivity contribution in [1.82, 2.24) is 9.97 Å². The summed E-state index contributed by atoms with van der Waals surface area (Å²) in [5.74, 6) is 0.676. The standard InChI is InChI=1S/C59H38N2O/c1-5-17-39(18-6-1)43-33-44(41-29-32-51-50-26-14-16-28-56(50)62-57(51)37-41)35-45(34-43)55-38-54(60-58(61-55)40-19-7-2-8-20-40)42-30-31-49-48-25-13-15-27-52(48)59(53(49)36-42,46-21-9-3-10-22-46)47-23-11-4-12-24-47/h1-38H. The molecular weight excluding hydrogens is 753 g/mol. The largest absolute Gasteiger partial charge is 0.456 e. The van der Waals surface area contributed by atoms with Crippen LogP contribution in [0, 0.1) is 0 Å². The Kier molecular flexibility index (Phi) is 8.39. The molecule has 3 nitrogen and oxygen atoms in total. The van der Waals surface area contributed by atoms with Gasteiger partial charge in [0.2, 0.25) is 0 Å².